The molecule has 7 nitrogen and oxygen atoms in total. The van der Waals surface area contributed by atoms with Gasteiger partial charge in [0.05, 0.1) is 11.2 Å². The summed E-state index contributed by atoms with van der Waals surface area (Å²) in [6, 6.07) is 6.10. The second-order valence-electron chi connectivity index (χ2n) is 6.21. The van der Waals surface area contributed by atoms with Crippen molar-refractivity contribution in [3.63, 3.8) is 0 Å². The molecule has 8 heteroatoms. The first kappa shape index (κ1) is 16.6. The Labute approximate surface area is 155 Å². The normalized spacial score (nSPS) is 19.2. The molecule has 26 heavy (non-hydrogen) atoms. The number of pyridine rings is 1. The minimum Gasteiger partial charge on any atom is -0.351 e. The van der Waals surface area contributed by atoms with Gasteiger partial charge in [0.15, 0.2) is 0 Å². The second kappa shape index (κ2) is 7.57. The Balaban J connectivity index is 1.36. The summed E-state index contributed by atoms with van der Waals surface area (Å²) in [6.07, 6.45) is 8.00. The van der Waals surface area contributed by atoms with Gasteiger partial charge in [-0.25, -0.2) is 15.0 Å². The van der Waals surface area contributed by atoms with E-state index in [-0.39, 0.29) is 18.0 Å². The molecule has 0 spiro atoms. The van der Waals surface area contributed by atoms with E-state index in [4.69, 9.17) is 0 Å². The highest BCUT2D eigenvalue weighted by molar-refractivity contribution is 7.07. The second-order valence-corrected chi connectivity index (χ2v) is 6.92. The van der Waals surface area contributed by atoms with Gasteiger partial charge in [-0.15, -0.1) is 11.3 Å². The molecule has 2 unspecified atom stereocenters. The predicted molar refractivity (Wildman–Crippen MR) is 99.9 cm³/mol. The molecule has 0 saturated heterocycles. The molecule has 132 valence electrons. The molecule has 0 aliphatic heterocycles. The van der Waals surface area contributed by atoms with Crippen molar-refractivity contribution < 1.29 is 4.79 Å². The highest BCUT2D eigenvalue weighted by Gasteiger charge is 2.27. The molecule has 1 fully saturated rings. The van der Waals surface area contributed by atoms with E-state index in [2.05, 4.69) is 30.6 Å². The summed E-state index contributed by atoms with van der Waals surface area (Å²) in [5.74, 6) is 0.495. The van der Waals surface area contributed by atoms with Gasteiger partial charge < -0.3 is 10.6 Å². The van der Waals surface area contributed by atoms with E-state index in [0.717, 1.165) is 30.5 Å². The molecule has 1 aliphatic carbocycles. The number of nitrogens with zero attached hydrogens (tertiary/aromatic N) is 4. The van der Waals surface area contributed by atoms with Crippen LogP contribution in [0.4, 0.5) is 5.95 Å². The zero-order chi connectivity index (χ0) is 17.8. The molecule has 2 atom stereocenters. The van der Waals surface area contributed by atoms with Gasteiger partial charge in [0, 0.05) is 41.6 Å². The third kappa shape index (κ3) is 3.85. The summed E-state index contributed by atoms with van der Waals surface area (Å²) in [5.41, 5.74) is 3.94. The van der Waals surface area contributed by atoms with Crippen molar-refractivity contribution in [2.75, 3.05) is 5.32 Å². The van der Waals surface area contributed by atoms with E-state index in [1.807, 2.05) is 18.2 Å². The molecule has 0 bridgehead atoms. The number of rotatable bonds is 5. The first-order valence-corrected chi connectivity index (χ1v) is 9.41. The van der Waals surface area contributed by atoms with Crippen LogP contribution in [0.5, 0.6) is 0 Å². The van der Waals surface area contributed by atoms with Gasteiger partial charge in [0.2, 0.25) is 5.95 Å². The molecule has 4 rings (SSSR count). The summed E-state index contributed by atoms with van der Waals surface area (Å²) in [7, 11) is 0. The van der Waals surface area contributed by atoms with Crippen molar-refractivity contribution in [3.05, 3.63) is 53.4 Å². The number of carbonyl (C=O) groups excluding carboxylic acids is 1. The molecule has 0 aromatic carbocycles. The summed E-state index contributed by atoms with van der Waals surface area (Å²) in [4.78, 5) is 29.2. The zero-order valence-electron chi connectivity index (χ0n) is 14.0. The number of hydrogen-bond donors (Lipinski definition) is 2. The Hall–Kier alpha value is -2.87. The van der Waals surface area contributed by atoms with E-state index in [0.29, 0.717) is 11.6 Å². The van der Waals surface area contributed by atoms with E-state index >= 15 is 0 Å². The standard InChI is InChI=1S/C18H18N6OS/c25-17(16-10-26-11-21-16)22-13-3-4-14(8-13)23-18-20-7-5-15(24-18)12-2-1-6-19-9-12/h1-2,5-7,9-11,13-14H,3-4,8H2,(H,22,25)(H,20,23,24). The maximum Gasteiger partial charge on any atom is 0.270 e. The van der Waals surface area contributed by atoms with Crippen molar-refractivity contribution in [1.29, 1.82) is 0 Å². The van der Waals surface area contributed by atoms with Crippen molar-refractivity contribution in [2.24, 2.45) is 0 Å². The van der Waals surface area contributed by atoms with Crippen LogP contribution in [0.1, 0.15) is 29.8 Å². The summed E-state index contributed by atoms with van der Waals surface area (Å²) in [6.45, 7) is 0. The highest BCUT2D eigenvalue weighted by Crippen LogP contribution is 2.23. The van der Waals surface area contributed by atoms with Crippen LogP contribution in [0.3, 0.4) is 0 Å². The molecule has 3 aromatic heterocycles. The van der Waals surface area contributed by atoms with Gasteiger partial charge in [0.25, 0.3) is 5.91 Å². The molecule has 2 N–H and O–H groups in total. The minimum absolute atomic E-state index is 0.105. The molecule has 1 amide bonds. The lowest BCUT2D eigenvalue weighted by Crippen LogP contribution is -2.34. The molecule has 1 aliphatic rings. The molecule has 0 radical (unpaired) electrons. The monoisotopic (exact) mass is 366 g/mol. The lowest BCUT2D eigenvalue weighted by Gasteiger charge is -2.14. The third-order valence-corrected chi connectivity index (χ3v) is 4.97. The topological polar surface area (TPSA) is 92.7 Å². The third-order valence-electron chi connectivity index (χ3n) is 4.38. The van der Waals surface area contributed by atoms with Crippen molar-refractivity contribution in [2.45, 2.75) is 31.3 Å². The van der Waals surface area contributed by atoms with Crippen LogP contribution in [0.15, 0.2) is 47.7 Å². The van der Waals surface area contributed by atoms with Gasteiger partial charge in [-0.1, -0.05) is 0 Å². The Morgan fingerprint density at radius 1 is 1.15 bits per heavy atom. The van der Waals surface area contributed by atoms with Gasteiger partial charge in [-0.3, -0.25) is 9.78 Å². The van der Waals surface area contributed by atoms with Crippen molar-refractivity contribution in [1.82, 2.24) is 25.3 Å². The smallest absolute Gasteiger partial charge is 0.270 e. The maximum atomic E-state index is 12.1. The van der Waals surface area contributed by atoms with Gasteiger partial charge >= 0.3 is 0 Å². The highest BCUT2D eigenvalue weighted by atomic mass is 32.1. The van der Waals surface area contributed by atoms with E-state index < -0.39 is 0 Å². The number of hydrogen-bond acceptors (Lipinski definition) is 7. The van der Waals surface area contributed by atoms with Crippen molar-refractivity contribution >= 4 is 23.2 Å². The number of aromatic nitrogens is 4. The largest absolute Gasteiger partial charge is 0.351 e. The zero-order valence-corrected chi connectivity index (χ0v) is 14.8. The first-order chi connectivity index (χ1) is 12.8. The van der Waals surface area contributed by atoms with Crippen molar-refractivity contribution in [3.8, 4) is 11.3 Å². The summed E-state index contributed by atoms with van der Waals surface area (Å²) in [5, 5.41) is 8.19. The van der Waals surface area contributed by atoms with Crippen LogP contribution < -0.4 is 10.6 Å². The Kier molecular flexibility index (Phi) is 4.83. The predicted octanol–water partition coefficient (Wildman–Crippen LogP) is 2.76. The fraction of sp³-hybridized carbons (Fsp3) is 0.278. The number of anilines is 1. The van der Waals surface area contributed by atoms with Crippen LogP contribution in [0, 0.1) is 0 Å². The summed E-state index contributed by atoms with van der Waals surface area (Å²) < 4.78 is 0. The van der Waals surface area contributed by atoms with Crippen LogP contribution >= 0.6 is 11.3 Å². The van der Waals surface area contributed by atoms with Crippen LogP contribution in [-0.2, 0) is 0 Å². The quantitative estimate of drug-likeness (QED) is 0.721. The minimum atomic E-state index is -0.105. The van der Waals surface area contributed by atoms with E-state index in [1.54, 1.807) is 29.5 Å². The Morgan fingerprint density at radius 3 is 2.88 bits per heavy atom. The molecule has 1 saturated carbocycles. The van der Waals surface area contributed by atoms with Crippen LogP contribution in [0.25, 0.3) is 11.3 Å². The van der Waals surface area contributed by atoms with Gasteiger partial charge in [0.1, 0.15) is 5.69 Å². The fourth-order valence-corrected chi connectivity index (χ4v) is 3.65. The Morgan fingerprint density at radius 2 is 2.08 bits per heavy atom. The van der Waals surface area contributed by atoms with E-state index in [9.17, 15) is 4.79 Å². The average Bonchev–Trinajstić information content (AvgIpc) is 3.35. The number of nitrogens with one attached hydrogen (secondary N) is 2. The van der Waals surface area contributed by atoms with Gasteiger partial charge in [-0.05, 0) is 37.5 Å². The molecular formula is C18H18N6OS. The Bertz CT molecular complexity index is 870. The lowest BCUT2D eigenvalue weighted by atomic mass is 10.2. The van der Waals surface area contributed by atoms with E-state index in [1.165, 1.54) is 11.3 Å². The number of thiazole rings is 1. The summed E-state index contributed by atoms with van der Waals surface area (Å²) >= 11 is 1.42. The fourth-order valence-electron chi connectivity index (χ4n) is 3.11. The van der Waals surface area contributed by atoms with Gasteiger partial charge in [-0.2, -0.15) is 0 Å². The molecule has 3 aromatic rings. The molecule has 3 heterocycles. The first-order valence-electron chi connectivity index (χ1n) is 8.47. The average molecular weight is 366 g/mol. The number of amides is 1. The SMILES string of the molecule is O=C(NC1CCC(Nc2nccc(-c3cccnc3)n2)C1)c1cscn1. The van der Waals surface area contributed by atoms with Crippen LogP contribution in [0.2, 0.25) is 0 Å². The number of carbonyl (C=O) groups is 1. The molecular weight excluding hydrogens is 348 g/mol. The maximum absolute atomic E-state index is 12.1. The van der Waals surface area contributed by atoms with Crippen LogP contribution in [-0.4, -0.2) is 37.9 Å². The lowest BCUT2D eigenvalue weighted by molar-refractivity contribution is 0.0933.